The van der Waals surface area contributed by atoms with Crippen LogP contribution in [0.15, 0.2) is 41.3 Å². The van der Waals surface area contributed by atoms with Gasteiger partial charge < -0.3 is 4.74 Å². The van der Waals surface area contributed by atoms with E-state index in [2.05, 4.69) is 31.7 Å². The smallest absolute Gasteiger partial charge is 0.339 e. The van der Waals surface area contributed by atoms with Crippen molar-refractivity contribution >= 4 is 18.6 Å². The minimum absolute atomic E-state index is 0.265. The van der Waals surface area contributed by atoms with E-state index in [1.54, 1.807) is 6.07 Å². The van der Waals surface area contributed by atoms with E-state index in [-0.39, 0.29) is 5.97 Å². The van der Waals surface area contributed by atoms with Gasteiger partial charge in [-0.25, -0.2) is 4.79 Å². The second-order valence-electron chi connectivity index (χ2n) is 7.59. The first-order valence-corrected chi connectivity index (χ1v) is 11.8. The Morgan fingerprint density at radius 3 is 1.96 bits per heavy atom. The molecule has 0 atom stereocenters. The fourth-order valence-electron chi connectivity index (χ4n) is 3.24. The summed E-state index contributed by atoms with van der Waals surface area (Å²) in [6, 6.07) is 7.26. The third-order valence-electron chi connectivity index (χ3n) is 5.01. The highest BCUT2D eigenvalue weighted by atomic mass is 32.1. The van der Waals surface area contributed by atoms with Crippen molar-refractivity contribution in [2.75, 3.05) is 6.61 Å². The normalized spacial score (nSPS) is 11.2. The number of unbranched alkanes of at least 4 members (excludes halogenated alkanes) is 12. The predicted octanol–water partition coefficient (Wildman–Crippen LogP) is 8.17. The third kappa shape index (κ3) is 13.0. The second-order valence-corrected chi connectivity index (χ2v) is 8.07. The van der Waals surface area contributed by atoms with Crippen molar-refractivity contribution in [1.82, 2.24) is 0 Å². The van der Waals surface area contributed by atoms with Crippen molar-refractivity contribution in [2.24, 2.45) is 0 Å². The lowest BCUT2D eigenvalue weighted by Gasteiger charge is -2.06. The zero-order valence-electron chi connectivity index (χ0n) is 17.8. The predicted molar refractivity (Wildman–Crippen MR) is 123 cm³/mol. The zero-order valence-corrected chi connectivity index (χ0v) is 18.7. The molecular weight excluding hydrogens is 364 g/mol. The van der Waals surface area contributed by atoms with Crippen LogP contribution in [-0.4, -0.2) is 12.6 Å². The van der Waals surface area contributed by atoms with Crippen molar-refractivity contribution < 1.29 is 9.53 Å². The number of hydrogen-bond acceptors (Lipinski definition) is 3. The number of thiol groups is 1. The quantitative estimate of drug-likeness (QED) is 0.123. The molecule has 0 radical (unpaired) electrons. The minimum Gasteiger partial charge on any atom is -0.462 e. The van der Waals surface area contributed by atoms with Crippen LogP contribution in [0, 0.1) is 0 Å². The molecule has 0 amide bonds. The van der Waals surface area contributed by atoms with Gasteiger partial charge in [0.1, 0.15) is 0 Å². The molecule has 1 aromatic rings. The number of benzene rings is 1. The molecule has 0 unspecified atom stereocenters. The molecule has 0 fully saturated rings. The summed E-state index contributed by atoms with van der Waals surface area (Å²) in [6.07, 6.45) is 22.7. The van der Waals surface area contributed by atoms with Crippen molar-refractivity contribution in [3.63, 3.8) is 0 Å². The van der Waals surface area contributed by atoms with Crippen LogP contribution in [0.5, 0.6) is 0 Å². The molecule has 158 valence electrons. The lowest BCUT2D eigenvalue weighted by molar-refractivity contribution is 0.0493. The fraction of sp³-hybridized carbons (Fsp3) is 0.640. The Balaban J connectivity index is 1.85. The molecule has 28 heavy (non-hydrogen) atoms. The van der Waals surface area contributed by atoms with Gasteiger partial charge in [0, 0.05) is 4.90 Å². The van der Waals surface area contributed by atoms with Crippen LogP contribution >= 0.6 is 12.6 Å². The molecule has 0 heterocycles. The minimum atomic E-state index is -0.265. The Morgan fingerprint density at radius 1 is 0.821 bits per heavy atom. The van der Waals surface area contributed by atoms with Gasteiger partial charge in [-0.3, -0.25) is 0 Å². The molecule has 0 spiro atoms. The molecule has 0 aliphatic rings. The molecule has 0 N–H and O–H groups in total. The van der Waals surface area contributed by atoms with Gasteiger partial charge in [-0.1, -0.05) is 89.0 Å². The molecule has 3 heteroatoms. The summed E-state index contributed by atoms with van der Waals surface area (Å²) in [5.41, 5.74) is 0.551. The van der Waals surface area contributed by atoms with Crippen LogP contribution in [0.1, 0.15) is 107 Å². The standard InChI is InChI=1S/C25H40O2S/c1-2-3-4-5-6-7-8-9-10-11-12-13-14-15-16-19-22-27-25(26)23-20-17-18-21-24(23)28/h9-10,17-18,20-21,28H,2-8,11-16,19,22H2,1H3. The molecule has 1 rings (SSSR count). The van der Waals surface area contributed by atoms with E-state index in [0.717, 1.165) is 12.8 Å². The fourth-order valence-corrected chi connectivity index (χ4v) is 3.49. The molecule has 0 bridgehead atoms. The van der Waals surface area contributed by atoms with Crippen LogP contribution in [0.3, 0.4) is 0 Å². The first-order valence-electron chi connectivity index (χ1n) is 11.4. The molecule has 0 aliphatic carbocycles. The van der Waals surface area contributed by atoms with Crippen LogP contribution in [-0.2, 0) is 4.74 Å². The average molecular weight is 405 g/mol. The maximum Gasteiger partial charge on any atom is 0.339 e. The second kappa shape index (κ2) is 17.8. The van der Waals surface area contributed by atoms with Crippen LogP contribution in [0.4, 0.5) is 0 Å². The average Bonchev–Trinajstić information content (AvgIpc) is 2.70. The number of rotatable bonds is 17. The Morgan fingerprint density at radius 2 is 1.36 bits per heavy atom. The summed E-state index contributed by atoms with van der Waals surface area (Å²) >= 11 is 4.29. The number of ether oxygens (including phenoxy) is 1. The van der Waals surface area contributed by atoms with Crippen LogP contribution in [0.2, 0.25) is 0 Å². The summed E-state index contributed by atoms with van der Waals surface area (Å²) < 4.78 is 5.33. The number of esters is 1. The molecule has 0 saturated carbocycles. The molecule has 0 saturated heterocycles. The van der Waals surface area contributed by atoms with Crippen LogP contribution < -0.4 is 0 Å². The Bertz CT molecular complexity index is 539. The Hall–Kier alpha value is -1.22. The molecule has 0 aliphatic heterocycles. The van der Waals surface area contributed by atoms with E-state index in [0.29, 0.717) is 17.1 Å². The first-order chi connectivity index (χ1) is 13.8. The summed E-state index contributed by atoms with van der Waals surface area (Å²) in [5, 5.41) is 0. The Labute approximate surface area is 178 Å². The highest BCUT2D eigenvalue weighted by Gasteiger charge is 2.09. The largest absolute Gasteiger partial charge is 0.462 e. The van der Waals surface area contributed by atoms with E-state index in [9.17, 15) is 4.79 Å². The Kier molecular flexibility index (Phi) is 15.8. The number of hydrogen-bond donors (Lipinski definition) is 1. The molecule has 2 nitrogen and oxygen atoms in total. The summed E-state index contributed by atoms with van der Waals surface area (Å²) in [4.78, 5) is 12.6. The van der Waals surface area contributed by atoms with Gasteiger partial charge in [0.25, 0.3) is 0 Å². The summed E-state index contributed by atoms with van der Waals surface area (Å²) in [5.74, 6) is -0.265. The van der Waals surface area contributed by atoms with E-state index in [4.69, 9.17) is 4.74 Å². The number of carbonyl (C=O) groups is 1. The zero-order chi connectivity index (χ0) is 20.3. The number of allylic oxidation sites excluding steroid dienone is 2. The third-order valence-corrected chi connectivity index (χ3v) is 5.40. The van der Waals surface area contributed by atoms with Gasteiger partial charge in [-0.05, 0) is 44.2 Å². The first kappa shape index (κ1) is 24.8. The maximum atomic E-state index is 11.9. The lowest BCUT2D eigenvalue weighted by Crippen LogP contribution is -2.07. The van der Waals surface area contributed by atoms with Gasteiger partial charge in [-0.2, -0.15) is 0 Å². The van der Waals surface area contributed by atoms with E-state index in [1.807, 2.05) is 18.2 Å². The highest BCUT2D eigenvalue weighted by molar-refractivity contribution is 7.80. The van der Waals surface area contributed by atoms with Crippen molar-refractivity contribution in [1.29, 1.82) is 0 Å². The molecular formula is C25H40O2S. The van der Waals surface area contributed by atoms with Crippen molar-refractivity contribution in [3.05, 3.63) is 42.0 Å². The van der Waals surface area contributed by atoms with Gasteiger partial charge in [0.05, 0.1) is 12.2 Å². The summed E-state index contributed by atoms with van der Waals surface area (Å²) in [6.45, 7) is 2.77. The molecule has 0 aromatic heterocycles. The van der Waals surface area contributed by atoms with Crippen molar-refractivity contribution in [3.8, 4) is 0 Å². The lowest BCUT2D eigenvalue weighted by atomic mass is 10.1. The van der Waals surface area contributed by atoms with Crippen LogP contribution in [0.25, 0.3) is 0 Å². The summed E-state index contributed by atoms with van der Waals surface area (Å²) in [7, 11) is 0. The number of carbonyl (C=O) groups excluding carboxylic acids is 1. The van der Waals surface area contributed by atoms with E-state index >= 15 is 0 Å². The molecule has 1 aromatic carbocycles. The van der Waals surface area contributed by atoms with Gasteiger partial charge in [-0.15, -0.1) is 12.6 Å². The van der Waals surface area contributed by atoms with E-state index < -0.39 is 0 Å². The van der Waals surface area contributed by atoms with Gasteiger partial charge >= 0.3 is 5.97 Å². The van der Waals surface area contributed by atoms with E-state index in [1.165, 1.54) is 77.0 Å². The van der Waals surface area contributed by atoms with Gasteiger partial charge in [0.15, 0.2) is 0 Å². The topological polar surface area (TPSA) is 26.3 Å². The monoisotopic (exact) mass is 404 g/mol. The van der Waals surface area contributed by atoms with Crippen molar-refractivity contribution in [2.45, 2.75) is 102 Å². The maximum absolute atomic E-state index is 11.9. The van der Waals surface area contributed by atoms with Gasteiger partial charge in [0.2, 0.25) is 0 Å². The highest BCUT2D eigenvalue weighted by Crippen LogP contribution is 2.14. The SMILES string of the molecule is CCCCCCCCC=CCCCCCCCCOC(=O)c1ccccc1S.